The molecule has 0 aliphatic rings. The van der Waals surface area contributed by atoms with Crippen molar-refractivity contribution in [1.82, 2.24) is 0 Å². The highest BCUT2D eigenvalue weighted by molar-refractivity contribution is 5.80. The summed E-state index contributed by atoms with van der Waals surface area (Å²) in [5.74, 6) is -0.482. The van der Waals surface area contributed by atoms with E-state index in [1.807, 2.05) is 20.8 Å². The molecule has 1 rings (SSSR count). The molecule has 0 bridgehead atoms. The molecule has 1 radical (unpaired) electrons. The smallest absolute Gasteiger partial charge is 0.251 e. The molecule has 1 aromatic carbocycles. The number of nitrogens with two attached hydrogens (primary N) is 1. The first-order valence-electron chi connectivity index (χ1n) is 4.83. The number of hydrogen-bond donors (Lipinski definition) is 1. The molecule has 81 valence electrons. The highest BCUT2D eigenvalue weighted by Gasteiger charge is 2.24. The molecule has 0 saturated heterocycles. The Morgan fingerprint density at radius 1 is 1.53 bits per heavy atom. The number of rotatable bonds is 3. The molecule has 0 fully saturated rings. The molecule has 1 aromatic rings. The average molecular weight is 206 g/mol. The van der Waals surface area contributed by atoms with Gasteiger partial charge in [0.15, 0.2) is 6.10 Å². The van der Waals surface area contributed by atoms with Crippen LogP contribution in [0.15, 0.2) is 24.3 Å². The molecule has 1 amide bonds. The first kappa shape index (κ1) is 11.7. The van der Waals surface area contributed by atoms with Crippen LogP contribution in [0.5, 0.6) is 0 Å². The Morgan fingerprint density at radius 2 is 2.20 bits per heavy atom. The lowest BCUT2D eigenvalue weighted by molar-refractivity contribution is -0.139. The second-order valence-electron chi connectivity index (χ2n) is 4.35. The van der Waals surface area contributed by atoms with Gasteiger partial charge < -0.3 is 10.5 Å². The zero-order valence-electron chi connectivity index (χ0n) is 9.28. The largest absolute Gasteiger partial charge is 0.367 e. The van der Waals surface area contributed by atoms with Crippen molar-refractivity contribution < 1.29 is 9.53 Å². The SMILES string of the molecule is CC(C)(C)OC(C(N)=O)c1c[c]ccc1. The van der Waals surface area contributed by atoms with Crippen molar-refractivity contribution in [3.8, 4) is 0 Å². The summed E-state index contributed by atoms with van der Waals surface area (Å²) in [6.45, 7) is 5.65. The van der Waals surface area contributed by atoms with E-state index in [1.54, 1.807) is 24.3 Å². The molecular weight excluding hydrogens is 190 g/mol. The lowest BCUT2D eigenvalue weighted by atomic mass is 10.1. The third kappa shape index (κ3) is 3.72. The van der Waals surface area contributed by atoms with Gasteiger partial charge in [0, 0.05) is 0 Å². The van der Waals surface area contributed by atoms with E-state index in [0.29, 0.717) is 0 Å². The fourth-order valence-electron chi connectivity index (χ4n) is 1.21. The maximum atomic E-state index is 11.3. The summed E-state index contributed by atoms with van der Waals surface area (Å²) in [5, 5.41) is 0. The fourth-order valence-corrected chi connectivity index (χ4v) is 1.21. The fraction of sp³-hybridized carbons (Fsp3) is 0.417. The molecule has 0 spiro atoms. The van der Waals surface area contributed by atoms with E-state index < -0.39 is 17.6 Å². The molecule has 15 heavy (non-hydrogen) atoms. The Morgan fingerprint density at radius 3 is 2.60 bits per heavy atom. The van der Waals surface area contributed by atoms with Crippen molar-refractivity contribution in [2.75, 3.05) is 0 Å². The van der Waals surface area contributed by atoms with Gasteiger partial charge in [0.05, 0.1) is 5.60 Å². The summed E-state index contributed by atoms with van der Waals surface area (Å²) in [6, 6.07) is 9.97. The normalized spacial score (nSPS) is 13.5. The summed E-state index contributed by atoms with van der Waals surface area (Å²) >= 11 is 0. The van der Waals surface area contributed by atoms with Crippen molar-refractivity contribution in [2.24, 2.45) is 5.73 Å². The van der Waals surface area contributed by atoms with Gasteiger partial charge in [-0.3, -0.25) is 4.79 Å². The van der Waals surface area contributed by atoms with Gasteiger partial charge in [0.1, 0.15) is 0 Å². The van der Waals surface area contributed by atoms with E-state index in [4.69, 9.17) is 10.5 Å². The number of carbonyl (C=O) groups excluding carboxylic acids is 1. The van der Waals surface area contributed by atoms with Crippen LogP contribution in [0.1, 0.15) is 32.4 Å². The van der Waals surface area contributed by atoms with Crippen LogP contribution >= 0.6 is 0 Å². The lowest BCUT2D eigenvalue weighted by Crippen LogP contribution is -2.31. The minimum atomic E-state index is -0.706. The summed E-state index contributed by atoms with van der Waals surface area (Å²) < 4.78 is 5.59. The summed E-state index contributed by atoms with van der Waals surface area (Å²) in [7, 11) is 0. The van der Waals surface area contributed by atoms with Gasteiger partial charge in [0.25, 0.3) is 5.91 Å². The van der Waals surface area contributed by atoms with Gasteiger partial charge >= 0.3 is 0 Å². The van der Waals surface area contributed by atoms with Gasteiger partial charge in [-0.2, -0.15) is 0 Å². The molecule has 0 saturated carbocycles. The zero-order valence-corrected chi connectivity index (χ0v) is 9.28. The number of ether oxygens (including phenoxy) is 1. The predicted octanol–water partition coefficient (Wildman–Crippen LogP) is 1.83. The van der Waals surface area contributed by atoms with E-state index in [2.05, 4.69) is 6.07 Å². The van der Waals surface area contributed by atoms with Crippen LogP contribution in [0.4, 0.5) is 0 Å². The third-order valence-corrected chi connectivity index (χ3v) is 1.76. The first-order chi connectivity index (χ1) is 6.90. The van der Waals surface area contributed by atoms with Gasteiger partial charge in [-0.05, 0) is 38.5 Å². The van der Waals surface area contributed by atoms with Crippen LogP contribution in [-0.4, -0.2) is 11.5 Å². The van der Waals surface area contributed by atoms with Crippen molar-refractivity contribution in [1.29, 1.82) is 0 Å². The minimum Gasteiger partial charge on any atom is -0.367 e. The number of amides is 1. The van der Waals surface area contributed by atoms with E-state index in [1.165, 1.54) is 0 Å². The Kier molecular flexibility index (Phi) is 3.48. The van der Waals surface area contributed by atoms with Crippen LogP contribution in [-0.2, 0) is 9.53 Å². The molecule has 1 atom stereocenters. The summed E-state index contributed by atoms with van der Waals surface area (Å²) in [6.07, 6.45) is -0.706. The van der Waals surface area contributed by atoms with Gasteiger partial charge in [-0.15, -0.1) is 0 Å². The number of carbonyl (C=O) groups is 1. The zero-order chi connectivity index (χ0) is 11.5. The molecular formula is C12H16NO2. The Hall–Kier alpha value is -1.35. The molecule has 0 heterocycles. The van der Waals surface area contributed by atoms with E-state index in [-0.39, 0.29) is 0 Å². The molecule has 0 aliphatic carbocycles. The van der Waals surface area contributed by atoms with E-state index >= 15 is 0 Å². The van der Waals surface area contributed by atoms with Crippen molar-refractivity contribution in [3.63, 3.8) is 0 Å². The highest BCUT2D eigenvalue weighted by atomic mass is 16.5. The average Bonchev–Trinajstić information content (AvgIpc) is 2.14. The number of hydrogen-bond acceptors (Lipinski definition) is 2. The van der Waals surface area contributed by atoms with Crippen molar-refractivity contribution in [3.05, 3.63) is 35.9 Å². The van der Waals surface area contributed by atoms with Gasteiger partial charge in [-0.1, -0.05) is 18.2 Å². The highest BCUT2D eigenvalue weighted by Crippen LogP contribution is 2.23. The molecule has 2 N–H and O–H groups in total. The molecule has 3 nitrogen and oxygen atoms in total. The Bertz CT molecular complexity index is 327. The van der Waals surface area contributed by atoms with Crippen LogP contribution < -0.4 is 5.73 Å². The molecule has 0 aromatic heterocycles. The number of benzene rings is 1. The summed E-state index contributed by atoms with van der Waals surface area (Å²) in [5.41, 5.74) is 5.63. The second kappa shape index (κ2) is 4.45. The third-order valence-electron chi connectivity index (χ3n) is 1.76. The van der Waals surface area contributed by atoms with Crippen LogP contribution in [0.2, 0.25) is 0 Å². The Balaban J connectivity index is 2.90. The van der Waals surface area contributed by atoms with Crippen molar-refractivity contribution in [2.45, 2.75) is 32.5 Å². The van der Waals surface area contributed by atoms with Gasteiger partial charge in [0.2, 0.25) is 0 Å². The van der Waals surface area contributed by atoms with Crippen LogP contribution in [0, 0.1) is 6.07 Å². The molecule has 0 aliphatic heterocycles. The molecule has 1 unspecified atom stereocenters. The minimum absolute atomic E-state index is 0.407. The quantitative estimate of drug-likeness (QED) is 0.820. The van der Waals surface area contributed by atoms with E-state index in [0.717, 1.165) is 5.56 Å². The number of primary amides is 1. The van der Waals surface area contributed by atoms with Crippen molar-refractivity contribution >= 4 is 5.91 Å². The maximum absolute atomic E-state index is 11.3. The first-order valence-corrected chi connectivity index (χ1v) is 4.83. The standard InChI is InChI=1S/C12H16NO2/c1-12(2,3)15-10(11(13)14)9-7-5-4-6-8-9/h4-5,7-8,10H,1-3H3,(H2,13,14). The van der Waals surface area contributed by atoms with Crippen LogP contribution in [0.3, 0.4) is 0 Å². The lowest BCUT2D eigenvalue weighted by Gasteiger charge is -2.25. The Labute approximate surface area is 90.2 Å². The second-order valence-corrected chi connectivity index (χ2v) is 4.35. The van der Waals surface area contributed by atoms with E-state index in [9.17, 15) is 4.79 Å². The monoisotopic (exact) mass is 206 g/mol. The summed E-state index contributed by atoms with van der Waals surface area (Å²) in [4.78, 5) is 11.3. The molecule has 3 heteroatoms. The predicted molar refractivity (Wildman–Crippen MR) is 58.1 cm³/mol. The topological polar surface area (TPSA) is 52.3 Å². The van der Waals surface area contributed by atoms with Gasteiger partial charge in [-0.25, -0.2) is 0 Å². The maximum Gasteiger partial charge on any atom is 0.251 e. The van der Waals surface area contributed by atoms with Crippen LogP contribution in [0.25, 0.3) is 0 Å².